The van der Waals surface area contributed by atoms with Gasteiger partial charge in [-0.1, -0.05) is 11.3 Å². The molecule has 6 heteroatoms. The molecule has 0 aromatic carbocycles. The highest BCUT2D eigenvalue weighted by Crippen LogP contribution is 2.36. The average Bonchev–Trinajstić information content (AvgIpc) is 2.71. The van der Waals surface area contributed by atoms with Gasteiger partial charge in [0.15, 0.2) is 0 Å². The molecule has 1 N–H and O–H groups in total. The second-order valence-corrected chi connectivity index (χ2v) is 4.38. The number of carboxylic acids is 1. The van der Waals surface area contributed by atoms with E-state index >= 15 is 0 Å². The predicted octanol–water partition coefficient (Wildman–Crippen LogP) is 1.26. The van der Waals surface area contributed by atoms with Gasteiger partial charge in [-0.3, -0.25) is 0 Å². The summed E-state index contributed by atoms with van der Waals surface area (Å²) in [5.74, 6) is -1.03. The van der Waals surface area contributed by atoms with Crippen molar-refractivity contribution >= 4 is 17.3 Å². The van der Waals surface area contributed by atoms with E-state index in [0.29, 0.717) is 11.6 Å². The van der Waals surface area contributed by atoms with Gasteiger partial charge in [0.05, 0.1) is 0 Å². The van der Waals surface area contributed by atoms with E-state index in [4.69, 9.17) is 9.84 Å². The summed E-state index contributed by atoms with van der Waals surface area (Å²) in [4.78, 5) is 10.6. The molecule has 5 nitrogen and oxygen atoms in total. The largest absolute Gasteiger partial charge is 0.476 e. The first-order valence-corrected chi connectivity index (χ1v) is 5.15. The molecule has 1 atom stereocenters. The third-order valence-electron chi connectivity index (χ3n) is 2.28. The standard InChI is InChI=1S/C8H10N2O3S/c1-8(3-2-4-13-8)7-10-9-5(14-7)6(11)12/h2-4H2,1H3,(H,11,12). The molecule has 1 aromatic heterocycles. The lowest BCUT2D eigenvalue weighted by Crippen LogP contribution is -2.19. The van der Waals surface area contributed by atoms with Crippen molar-refractivity contribution in [3.63, 3.8) is 0 Å². The zero-order chi connectivity index (χ0) is 10.2. The monoisotopic (exact) mass is 214 g/mol. The second-order valence-electron chi connectivity index (χ2n) is 3.40. The second kappa shape index (κ2) is 3.29. The molecule has 0 spiro atoms. The van der Waals surface area contributed by atoms with E-state index in [1.54, 1.807) is 0 Å². The Hall–Kier alpha value is -1.01. The van der Waals surface area contributed by atoms with Crippen molar-refractivity contribution in [1.82, 2.24) is 10.2 Å². The summed E-state index contributed by atoms with van der Waals surface area (Å²) < 4.78 is 5.53. The van der Waals surface area contributed by atoms with Crippen molar-refractivity contribution in [2.45, 2.75) is 25.4 Å². The Morgan fingerprint density at radius 2 is 2.43 bits per heavy atom. The third-order valence-corrected chi connectivity index (χ3v) is 3.44. The van der Waals surface area contributed by atoms with E-state index in [1.807, 2.05) is 6.92 Å². The van der Waals surface area contributed by atoms with Gasteiger partial charge in [-0.25, -0.2) is 4.79 Å². The molecule has 0 amide bonds. The minimum atomic E-state index is -1.03. The lowest BCUT2D eigenvalue weighted by Gasteiger charge is -2.18. The molecule has 1 saturated heterocycles. The first-order valence-electron chi connectivity index (χ1n) is 4.33. The number of carboxylic acid groups (broad SMARTS) is 1. The molecule has 0 saturated carbocycles. The Balaban J connectivity index is 2.28. The first-order chi connectivity index (χ1) is 6.62. The van der Waals surface area contributed by atoms with E-state index in [0.717, 1.165) is 24.2 Å². The van der Waals surface area contributed by atoms with Gasteiger partial charge in [-0.2, -0.15) is 0 Å². The maximum absolute atomic E-state index is 10.6. The average molecular weight is 214 g/mol. The van der Waals surface area contributed by atoms with Crippen LogP contribution in [0.1, 0.15) is 34.6 Å². The van der Waals surface area contributed by atoms with Gasteiger partial charge in [-0.15, -0.1) is 10.2 Å². The van der Waals surface area contributed by atoms with Crippen LogP contribution in [0.4, 0.5) is 0 Å². The number of hydrogen-bond donors (Lipinski definition) is 1. The Bertz CT molecular complexity index is 357. The molecule has 2 rings (SSSR count). The molecular formula is C8H10N2O3S. The fourth-order valence-electron chi connectivity index (χ4n) is 1.47. The van der Waals surface area contributed by atoms with Gasteiger partial charge in [0.1, 0.15) is 10.6 Å². The minimum absolute atomic E-state index is 0.0247. The molecule has 1 aromatic rings. The summed E-state index contributed by atoms with van der Waals surface area (Å²) in [6, 6.07) is 0. The summed E-state index contributed by atoms with van der Waals surface area (Å²) in [6.45, 7) is 2.63. The van der Waals surface area contributed by atoms with Crippen molar-refractivity contribution in [3.8, 4) is 0 Å². The van der Waals surface area contributed by atoms with Crippen LogP contribution in [-0.2, 0) is 10.3 Å². The Kier molecular flexibility index (Phi) is 2.24. The van der Waals surface area contributed by atoms with Crippen molar-refractivity contribution in [2.75, 3.05) is 6.61 Å². The quantitative estimate of drug-likeness (QED) is 0.802. The van der Waals surface area contributed by atoms with Crippen LogP contribution in [0, 0.1) is 0 Å². The highest BCUT2D eigenvalue weighted by Gasteiger charge is 2.35. The topological polar surface area (TPSA) is 72.3 Å². The van der Waals surface area contributed by atoms with Crippen LogP contribution in [0.15, 0.2) is 0 Å². The Morgan fingerprint density at radius 3 is 2.93 bits per heavy atom. The molecule has 14 heavy (non-hydrogen) atoms. The van der Waals surface area contributed by atoms with Crippen molar-refractivity contribution in [1.29, 1.82) is 0 Å². The van der Waals surface area contributed by atoms with Gasteiger partial charge in [0.2, 0.25) is 5.01 Å². The number of nitrogens with zero attached hydrogens (tertiary/aromatic N) is 2. The number of rotatable bonds is 2. The molecule has 1 unspecified atom stereocenters. The molecule has 0 aliphatic carbocycles. The maximum atomic E-state index is 10.6. The molecule has 1 aliphatic heterocycles. The normalized spacial score (nSPS) is 26.6. The van der Waals surface area contributed by atoms with Crippen LogP contribution in [0.5, 0.6) is 0 Å². The predicted molar refractivity (Wildman–Crippen MR) is 49.4 cm³/mol. The molecule has 76 valence electrons. The summed E-state index contributed by atoms with van der Waals surface area (Å²) in [6.07, 6.45) is 1.86. The van der Waals surface area contributed by atoms with Crippen LogP contribution in [0.3, 0.4) is 0 Å². The lowest BCUT2D eigenvalue weighted by atomic mass is 10.0. The number of hydrogen-bond acceptors (Lipinski definition) is 5. The number of aromatic nitrogens is 2. The highest BCUT2D eigenvalue weighted by molar-refractivity contribution is 7.13. The molecule has 0 bridgehead atoms. The maximum Gasteiger partial charge on any atom is 0.367 e. The van der Waals surface area contributed by atoms with Crippen molar-refractivity contribution in [3.05, 3.63) is 10.0 Å². The highest BCUT2D eigenvalue weighted by atomic mass is 32.1. The smallest absolute Gasteiger partial charge is 0.367 e. The molecule has 2 heterocycles. The van der Waals surface area contributed by atoms with Crippen LogP contribution >= 0.6 is 11.3 Å². The zero-order valence-corrected chi connectivity index (χ0v) is 8.50. The van der Waals surface area contributed by atoms with Gasteiger partial charge < -0.3 is 9.84 Å². The van der Waals surface area contributed by atoms with Crippen molar-refractivity contribution in [2.24, 2.45) is 0 Å². The van der Waals surface area contributed by atoms with E-state index in [1.165, 1.54) is 0 Å². The van der Waals surface area contributed by atoms with Crippen LogP contribution in [-0.4, -0.2) is 27.9 Å². The SMILES string of the molecule is CC1(c2nnc(C(=O)O)s2)CCCO1. The molecule has 1 aliphatic rings. The molecule has 0 radical (unpaired) electrons. The Morgan fingerprint density at radius 1 is 1.64 bits per heavy atom. The first kappa shape index (κ1) is 9.54. The summed E-state index contributed by atoms with van der Waals surface area (Å²) in [7, 11) is 0. The van der Waals surface area contributed by atoms with Gasteiger partial charge in [0.25, 0.3) is 0 Å². The number of ether oxygens (including phenoxy) is 1. The minimum Gasteiger partial charge on any atom is -0.476 e. The lowest BCUT2D eigenvalue weighted by molar-refractivity contribution is 0.0161. The summed E-state index contributed by atoms with van der Waals surface area (Å²) >= 11 is 1.09. The van der Waals surface area contributed by atoms with E-state index in [-0.39, 0.29) is 5.01 Å². The van der Waals surface area contributed by atoms with Gasteiger partial charge >= 0.3 is 5.97 Å². The zero-order valence-electron chi connectivity index (χ0n) is 7.69. The van der Waals surface area contributed by atoms with Crippen LogP contribution < -0.4 is 0 Å². The third kappa shape index (κ3) is 1.51. The van der Waals surface area contributed by atoms with Gasteiger partial charge in [0, 0.05) is 6.61 Å². The number of aromatic carboxylic acids is 1. The van der Waals surface area contributed by atoms with Crippen LogP contribution in [0.2, 0.25) is 0 Å². The van der Waals surface area contributed by atoms with E-state index in [2.05, 4.69) is 10.2 Å². The summed E-state index contributed by atoms with van der Waals surface area (Å²) in [5, 5.41) is 16.8. The Labute approximate surface area is 84.7 Å². The summed E-state index contributed by atoms with van der Waals surface area (Å²) in [5.41, 5.74) is -0.425. The molecule has 1 fully saturated rings. The fraction of sp³-hybridized carbons (Fsp3) is 0.625. The molecular weight excluding hydrogens is 204 g/mol. The van der Waals surface area contributed by atoms with Crippen LogP contribution in [0.25, 0.3) is 0 Å². The van der Waals surface area contributed by atoms with E-state index < -0.39 is 11.6 Å². The van der Waals surface area contributed by atoms with Gasteiger partial charge in [-0.05, 0) is 19.8 Å². The fourth-order valence-corrected chi connectivity index (χ4v) is 2.28. The van der Waals surface area contributed by atoms with E-state index in [9.17, 15) is 4.79 Å². The number of carbonyl (C=O) groups is 1. The van der Waals surface area contributed by atoms with Crippen molar-refractivity contribution < 1.29 is 14.6 Å².